The van der Waals surface area contributed by atoms with Gasteiger partial charge in [0.2, 0.25) is 0 Å². The van der Waals surface area contributed by atoms with Crippen molar-refractivity contribution in [3.63, 3.8) is 0 Å². The second kappa shape index (κ2) is 3.08. The van der Waals surface area contributed by atoms with Gasteiger partial charge in [-0.2, -0.15) is 0 Å². The first-order valence-corrected chi connectivity index (χ1v) is 5.17. The van der Waals surface area contributed by atoms with Crippen molar-refractivity contribution in [1.29, 1.82) is 4.78 Å². The molecular weight excluding hydrogens is 176 g/mol. The van der Waals surface area contributed by atoms with Crippen molar-refractivity contribution in [2.24, 2.45) is 5.84 Å². The van der Waals surface area contributed by atoms with Gasteiger partial charge in [-0.25, -0.2) is 19.8 Å². The predicted molar refractivity (Wildman–Crippen MR) is 47.1 cm³/mol. The molecule has 0 spiro atoms. The molecule has 1 aromatic heterocycles. The third-order valence-corrected chi connectivity index (χ3v) is 2.48. The van der Waals surface area contributed by atoms with Crippen molar-refractivity contribution in [1.82, 2.24) is 4.98 Å². The van der Waals surface area contributed by atoms with Gasteiger partial charge in [-0.15, -0.1) is 0 Å². The summed E-state index contributed by atoms with van der Waals surface area (Å²) in [5.41, 5.74) is 2.34. The average Bonchev–Trinajstić information content (AvgIpc) is 2.03. The van der Waals surface area contributed by atoms with E-state index in [0.29, 0.717) is 10.7 Å². The summed E-state index contributed by atoms with van der Waals surface area (Å²) in [4.78, 5) is 4.23. The minimum Gasteiger partial charge on any atom is -0.308 e. The fourth-order valence-corrected chi connectivity index (χ4v) is 1.28. The van der Waals surface area contributed by atoms with Crippen LogP contribution in [0.25, 0.3) is 0 Å². The molecule has 4 N–H and O–H groups in total. The van der Waals surface area contributed by atoms with Gasteiger partial charge in [0.15, 0.2) is 0 Å². The number of hydrogen-bond acceptors (Lipinski definition) is 5. The fraction of sp³-hybridized carbons (Fsp3) is 0.167. The van der Waals surface area contributed by atoms with Gasteiger partial charge < -0.3 is 5.43 Å². The number of rotatable bonds is 2. The average molecular weight is 186 g/mol. The van der Waals surface area contributed by atoms with E-state index in [1.165, 1.54) is 12.5 Å². The molecule has 0 saturated heterocycles. The first-order valence-electron chi connectivity index (χ1n) is 3.20. The summed E-state index contributed by atoms with van der Waals surface area (Å²) in [6, 6.07) is 3.14. The lowest BCUT2D eigenvalue weighted by Gasteiger charge is -2.01. The topological polar surface area (TPSA) is 91.9 Å². The highest BCUT2D eigenvalue weighted by Gasteiger charge is 2.02. The van der Waals surface area contributed by atoms with Gasteiger partial charge in [-0.3, -0.25) is 0 Å². The molecule has 66 valence electrons. The monoisotopic (exact) mass is 186 g/mol. The van der Waals surface area contributed by atoms with Crippen molar-refractivity contribution in [2.75, 3.05) is 11.7 Å². The van der Waals surface area contributed by atoms with Crippen LogP contribution in [0.3, 0.4) is 0 Å². The zero-order valence-electron chi connectivity index (χ0n) is 6.57. The second-order valence-corrected chi connectivity index (χ2v) is 4.53. The maximum absolute atomic E-state index is 11.2. The summed E-state index contributed by atoms with van der Waals surface area (Å²) in [6.07, 6.45) is 2.73. The van der Waals surface area contributed by atoms with Crippen LogP contribution in [0.4, 0.5) is 5.82 Å². The number of aromatic nitrogens is 1. The summed E-state index contributed by atoms with van der Waals surface area (Å²) in [7, 11) is -2.66. The van der Waals surface area contributed by atoms with Gasteiger partial charge in [-0.05, 0) is 12.1 Å². The number of hydrazine groups is 1. The summed E-state index contributed by atoms with van der Waals surface area (Å²) >= 11 is 0. The van der Waals surface area contributed by atoms with E-state index in [-0.39, 0.29) is 0 Å². The molecule has 6 heteroatoms. The van der Waals surface area contributed by atoms with Crippen LogP contribution >= 0.6 is 0 Å². The molecule has 0 fully saturated rings. The van der Waals surface area contributed by atoms with E-state index >= 15 is 0 Å². The van der Waals surface area contributed by atoms with Crippen molar-refractivity contribution >= 4 is 15.5 Å². The zero-order valence-corrected chi connectivity index (χ0v) is 7.39. The zero-order chi connectivity index (χ0) is 9.19. The van der Waals surface area contributed by atoms with Crippen LogP contribution in [0.15, 0.2) is 23.2 Å². The number of hydrogen-bond donors (Lipinski definition) is 3. The van der Waals surface area contributed by atoms with E-state index in [1.54, 1.807) is 12.1 Å². The van der Waals surface area contributed by atoms with Gasteiger partial charge >= 0.3 is 0 Å². The number of nitrogens with one attached hydrogen (secondary N) is 2. The Hall–Kier alpha value is -1.14. The maximum Gasteiger partial charge on any atom is 0.139 e. The van der Waals surface area contributed by atoms with Crippen LogP contribution in [-0.2, 0) is 9.73 Å². The van der Waals surface area contributed by atoms with Crippen LogP contribution in [0.1, 0.15) is 0 Å². The Labute approximate surface area is 70.9 Å². The third kappa shape index (κ3) is 1.93. The SMILES string of the molecule is C[S@@](=N)(=O)c1ccc(NN)nc1. The van der Waals surface area contributed by atoms with Crippen LogP contribution in [0.5, 0.6) is 0 Å². The Kier molecular flexibility index (Phi) is 2.30. The van der Waals surface area contributed by atoms with Gasteiger partial charge in [0.1, 0.15) is 5.82 Å². The smallest absolute Gasteiger partial charge is 0.139 e. The predicted octanol–water partition coefficient (Wildman–Crippen LogP) is 0.403. The van der Waals surface area contributed by atoms with Crippen LogP contribution < -0.4 is 11.3 Å². The molecule has 0 radical (unpaired) electrons. The lowest BCUT2D eigenvalue weighted by Crippen LogP contribution is -2.08. The van der Waals surface area contributed by atoms with Crippen LogP contribution in [-0.4, -0.2) is 15.4 Å². The molecule has 0 saturated carbocycles. The second-order valence-electron chi connectivity index (χ2n) is 2.37. The van der Waals surface area contributed by atoms with E-state index < -0.39 is 9.73 Å². The molecule has 1 rings (SSSR count). The summed E-state index contributed by atoms with van der Waals surface area (Å²) in [5.74, 6) is 5.57. The minimum atomic E-state index is -2.66. The number of pyridine rings is 1. The fourth-order valence-electron chi connectivity index (χ4n) is 0.696. The molecule has 0 aliphatic heterocycles. The molecule has 0 unspecified atom stereocenters. The molecule has 0 aliphatic rings. The molecule has 1 aromatic rings. The molecule has 12 heavy (non-hydrogen) atoms. The molecule has 1 atom stereocenters. The number of nitrogens with zero attached hydrogens (tertiary/aromatic N) is 1. The summed E-state index contributed by atoms with van der Waals surface area (Å²) in [5, 5.41) is 0. The third-order valence-electron chi connectivity index (χ3n) is 1.33. The van der Waals surface area contributed by atoms with Gasteiger partial charge in [0, 0.05) is 12.5 Å². The molecule has 0 aromatic carbocycles. The summed E-state index contributed by atoms with van der Waals surface area (Å²) < 4.78 is 18.4. The van der Waals surface area contributed by atoms with Crippen molar-refractivity contribution in [2.45, 2.75) is 4.90 Å². The molecule has 0 amide bonds. The van der Waals surface area contributed by atoms with Gasteiger partial charge in [-0.1, -0.05) is 0 Å². The van der Waals surface area contributed by atoms with Gasteiger partial charge in [0.25, 0.3) is 0 Å². The number of nitrogen functional groups attached to an aromatic ring is 1. The van der Waals surface area contributed by atoms with Crippen LogP contribution in [0, 0.1) is 4.78 Å². The Morgan fingerprint density at radius 3 is 2.67 bits per heavy atom. The number of anilines is 1. The van der Waals surface area contributed by atoms with E-state index in [0.717, 1.165) is 0 Å². The lowest BCUT2D eigenvalue weighted by atomic mass is 10.5. The lowest BCUT2D eigenvalue weighted by molar-refractivity contribution is 0.678. The molecule has 5 nitrogen and oxygen atoms in total. The van der Waals surface area contributed by atoms with E-state index in [1.807, 2.05) is 0 Å². The minimum absolute atomic E-state index is 0.404. The summed E-state index contributed by atoms with van der Waals surface area (Å²) in [6.45, 7) is 0. The van der Waals surface area contributed by atoms with Crippen molar-refractivity contribution in [3.8, 4) is 0 Å². The van der Waals surface area contributed by atoms with Gasteiger partial charge in [0.05, 0.1) is 14.6 Å². The van der Waals surface area contributed by atoms with E-state index in [9.17, 15) is 4.21 Å². The van der Waals surface area contributed by atoms with Crippen molar-refractivity contribution in [3.05, 3.63) is 18.3 Å². The first-order chi connectivity index (χ1) is 5.54. The van der Waals surface area contributed by atoms with Crippen LogP contribution in [0.2, 0.25) is 0 Å². The quantitative estimate of drug-likeness (QED) is 0.460. The maximum atomic E-state index is 11.2. The molecule has 0 bridgehead atoms. The van der Waals surface area contributed by atoms with Crippen molar-refractivity contribution < 1.29 is 4.21 Å². The Balaban J connectivity index is 3.09. The largest absolute Gasteiger partial charge is 0.308 e. The highest BCUT2D eigenvalue weighted by molar-refractivity contribution is 7.91. The highest BCUT2D eigenvalue weighted by atomic mass is 32.2. The Morgan fingerprint density at radius 2 is 2.33 bits per heavy atom. The first kappa shape index (κ1) is 8.95. The molecule has 0 aliphatic carbocycles. The highest BCUT2D eigenvalue weighted by Crippen LogP contribution is 2.09. The molecular formula is C6H10N4OS. The Morgan fingerprint density at radius 1 is 1.67 bits per heavy atom. The standard InChI is InChI=1S/C6H10N4OS/c1-12(8,11)5-2-3-6(10-7)9-4-5/h2-4,8H,7H2,1H3,(H,9,10)/t12-/m1/s1. The van der Waals surface area contributed by atoms with E-state index in [2.05, 4.69) is 10.4 Å². The molecule has 1 heterocycles. The Bertz CT molecular complexity index is 356. The van der Waals surface area contributed by atoms with E-state index in [4.69, 9.17) is 10.6 Å². The normalized spacial score (nSPS) is 15.2. The number of nitrogens with two attached hydrogens (primary N) is 1.